The Morgan fingerprint density at radius 3 is 2.42 bits per heavy atom. The normalized spacial score (nSPS) is 11.6. The van der Waals surface area contributed by atoms with Crippen molar-refractivity contribution in [1.29, 1.82) is 0 Å². The van der Waals surface area contributed by atoms with Gasteiger partial charge in [-0.05, 0) is 23.5 Å². The van der Waals surface area contributed by atoms with Gasteiger partial charge in [-0.3, -0.25) is 0 Å². The van der Waals surface area contributed by atoms with Crippen molar-refractivity contribution in [3.05, 3.63) is 41.1 Å². The zero-order valence-corrected chi connectivity index (χ0v) is 11.5. The van der Waals surface area contributed by atoms with Gasteiger partial charge in [0, 0.05) is 11.6 Å². The molecule has 0 aliphatic rings. The molecule has 0 bridgehead atoms. The smallest absolute Gasteiger partial charge is 0.358 e. The molecule has 4 nitrogen and oxygen atoms in total. The third-order valence-electron chi connectivity index (χ3n) is 3.09. The summed E-state index contributed by atoms with van der Waals surface area (Å²) < 4.78 is 5.09. The van der Waals surface area contributed by atoms with Crippen molar-refractivity contribution in [3.63, 3.8) is 0 Å². The summed E-state index contributed by atoms with van der Waals surface area (Å²) in [4.78, 5) is 10.8. The van der Waals surface area contributed by atoms with E-state index in [4.69, 9.17) is 9.63 Å². The highest BCUT2D eigenvalue weighted by molar-refractivity contribution is 5.86. The van der Waals surface area contributed by atoms with Crippen LogP contribution in [-0.2, 0) is 5.41 Å². The molecule has 0 saturated heterocycles. The van der Waals surface area contributed by atoms with Crippen molar-refractivity contribution in [2.75, 3.05) is 0 Å². The van der Waals surface area contributed by atoms with Crippen molar-refractivity contribution >= 4 is 5.97 Å². The number of hydrogen-bond donors (Lipinski definition) is 1. The van der Waals surface area contributed by atoms with E-state index in [-0.39, 0.29) is 11.1 Å². The molecule has 1 aromatic heterocycles. The summed E-state index contributed by atoms with van der Waals surface area (Å²) in [5.41, 5.74) is 3.14. The van der Waals surface area contributed by atoms with Crippen LogP contribution in [0.4, 0.5) is 0 Å². The van der Waals surface area contributed by atoms with E-state index in [0.29, 0.717) is 5.76 Å². The molecule has 0 aliphatic heterocycles. The van der Waals surface area contributed by atoms with Crippen molar-refractivity contribution in [3.8, 4) is 11.3 Å². The summed E-state index contributed by atoms with van der Waals surface area (Å²) in [6.45, 7) is 8.43. The van der Waals surface area contributed by atoms with Crippen LogP contribution < -0.4 is 0 Å². The molecule has 0 unspecified atom stereocenters. The number of rotatable bonds is 2. The van der Waals surface area contributed by atoms with Gasteiger partial charge in [0.15, 0.2) is 11.5 Å². The van der Waals surface area contributed by atoms with Gasteiger partial charge in [0.1, 0.15) is 0 Å². The van der Waals surface area contributed by atoms with Crippen LogP contribution in [0.3, 0.4) is 0 Å². The summed E-state index contributed by atoms with van der Waals surface area (Å²) in [5.74, 6) is -0.602. The number of aromatic carboxylic acids is 1. The van der Waals surface area contributed by atoms with E-state index >= 15 is 0 Å². The molecule has 100 valence electrons. The minimum Gasteiger partial charge on any atom is -0.476 e. The number of benzene rings is 1. The molecule has 2 rings (SSSR count). The number of carboxylic acids is 1. The van der Waals surface area contributed by atoms with E-state index in [1.54, 1.807) is 0 Å². The zero-order valence-electron chi connectivity index (χ0n) is 11.5. The quantitative estimate of drug-likeness (QED) is 0.894. The Bertz CT molecular complexity index is 621. The Balaban J connectivity index is 2.43. The van der Waals surface area contributed by atoms with Crippen LogP contribution in [0.1, 0.15) is 42.4 Å². The Morgan fingerprint density at radius 1 is 1.26 bits per heavy atom. The van der Waals surface area contributed by atoms with Gasteiger partial charge in [-0.1, -0.05) is 44.1 Å². The average molecular weight is 259 g/mol. The van der Waals surface area contributed by atoms with Crippen molar-refractivity contribution in [2.45, 2.75) is 33.1 Å². The second-order valence-electron chi connectivity index (χ2n) is 5.66. The molecule has 19 heavy (non-hydrogen) atoms. The molecule has 0 spiro atoms. The molecule has 4 heteroatoms. The minimum absolute atomic E-state index is 0.0747. The molecule has 0 aliphatic carbocycles. The van der Waals surface area contributed by atoms with Crippen molar-refractivity contribution in [2.24, 2.45) is 0 Å². The fourth-order valence-corrected chi connectivity index (χ4v) is 1.91. The first-order chi connectivity index (χ1) is 8.79. The van der Waals surface area contributed by atoms with Crippen LogP contribution in [-0.4, -0.2) is 16.2 Å². The molecule has 2 aromatic rings. The van der Waals surface area contributed by atoms with Gasteiger partial charge in [0.2, 0.25) is 0 Å². The molecule has 1 aromatic carbocycles. The molecule has 0 saturated carbocycles. The van der Waals surface area contributed by atoms with Crippen LogP contribution in [0.25, 0.3) is 11.3 Å². The Hall–Kier alpha value is -2.10. The first-order valence-electron chi connectivity index (χ1n) is 6.10. The molecule has 0 fully saturated rings. The van der Waals surface area contributed by atoms with E-state index in [9.17, 15) is 4.79 Å². The highest BCUT2D eigenvalue weighted by atomic mass is 16.5. The second kappa shape index (κ2) is 4.53. The number of carboxylic acid groups (broad SMARTS) is 1. The Labute approximate surface area is 112 Å². The van der Waals surface area contributed by atoms with E-state index in [1.807, 2.05) is 19.1 Å². The number of nitrogens with zero attached hydrogens (tertiary/aromatic N) is 1. The topological polar surface area (TPSA) is 63.3 Å². The van der Waals surface area contributed by atoms with E-state index in [0.717, 1.165) is 11.1 Å². The molecule has 0 radical (unpaired) electrons. The molecular formula is C15H17NO3. The SMILES string of the molecule is Cc1cc(C(C)(C)C)ccc1-c1cc(C(=O)O)no1. The number of aromatic nitrogens is 1. The maximum Gasteiger partial charge on any atom is 0.358 e. The van der Waals surface area contributed by atoms with Gasteiger partial charge in [-0.2, -0.15) is 0 Å². The van der Waals surface area contributed by atoms with E-state index in [2.05, 4.69) is 32.0 Å². The van der Waals surface area contributed by atoms with Gasteiger partial charge in [0.05, 0.1) is 0 Å². The molecule has 0 amide bonds. The van der Waals surface area contributed by atoms with Gasteiger partial charge in [-0.25, -0.2) is 4.79 Å². The fourth-order valence-electron chi connectivity index (χ4n) is 1.91. The van der Waals surface area contributed by atoms with E-state index < -0.39 is 5.97 Å². The molecule has 1 N–H and O–H groups in total. The number of carbonyl (C=O) groups is 1. The van der Waals surface area contributed by atoms with Crippen LogP contribution in [0.2, 0.25) is 0 Å². The van der Waals surface area contributed by atoms with Gasteiger partial charge >= 0.3 is 5.97 Å². The molecule has 0 atom stereocenters. The van der Waals surface area contributed by atoms with Crippen LogP contribution in [0, 0.1) is 6.92 Å². The first-order valence-corrected chi connectivity index (χ1v) is 6.10. The lowest BCUT2D eigenvalue weighted by Crippen LogP contribution is -2.11. The fraction of sp³-hybridized carbons (Fsp3) is 0.333. The standard InChI is InChI=1S/C15H17NO3/c1-9-7-10(15(2,3)4)5-6-11(9)13-8-12(14(17)18)16-19-13/h5-8H,1-4H3,(H,17,18). The predicted molar refractivity (Wildman–Crippen MR) is 72.3 cm³/mol. The number of aryl methyl sites for hydroxylation is 1. The Morgan fingerprint density at radius 2 is 1.95 bits per heavy atom. The van der Waals surface area contributed by atoms with Crippen molar-refractivity contribution < 1.29 is 14.4 Å². The third-order valence-corrected chi connectivity index (χ3v) is 3.09. The summed E-state index contributed by atoms with van der Waals surface area (Å²) in [6.07, 6.45) is 0. The van der Waals surface area contributed by atoms with Crippen LogP contribution >= 0.6 is 0 Å². The highest BCUT2D eigenvalue weighted by Crippen LogP contribution is 2.29. The lowest BCUT2D eigenvalue weighted by atomic mass is 9.85. The second-order valence-corrected chi connectivity index (χ2v) is 5.66. The number of hydrogen-bond acceptors (Lipinski definition) is 3. The lowest BCUT2D eigenvalue weighted by molar-refractivity contribution is 0.0686. The van der Waals surface area contributed by atoms with Gasteiger partial charge in [0.25, 0.3) is 0 Å². The Kier molecular flexibility index (Phi) is 3.18. The minimum atomic E-state index is -1.08. The lowest BCUT2D eigenvalue weighted by Gasteiger charge is -2.20. The van der Waals surface area contributed by atoms with Gasteiger partial charge in [-0.15, -0.1) is 0 Å². The van der Waals surface area contributed by atoms with Crippen LogP contribution in [0.5, 0.6) is 0 Å². The summed E-state index contributed by atoms with van der Waals surface area (Å²) >= 11 is 0. The molecular weight excluding hydrogens is 242 g/mol. The zero-order chi connectivity index (χ0) is 14.2. The predicted octanol–water partition coefficient (Wildman–Crippen LogP) is 3.65. The van der Waals surface area contributed by atoms with Gasteiger partial charge < -0.3 is 9.63 Å². The summed E-state index contributed by atoms with van der Waals surface area (Å²) in [5, 5.41) is 12.4. The van der Waals surface area contributed by atoms with Crippen molar-refractivity contribution in [1.82, 2.24) is 5.16 Å². The van der Waals surface area contributed by atoms with E-state index in [1.165, 1.54) is 11.6 Å². The maximum absolute atomic E-state index is 10.8. The third kappa shape index (κ3) is 2.67. The summed E-state index contributed by atoms with van der Waals surface area (Å²) in [6, 6.07) is 7.52. The average Bonchev–Trinajstić information content (AvgIpc) is 2.76. The highest BCUT2D eigenvalue weighted by Gasteiger charge is 2.17. The van der Waals surface area contributed by atoms with Crippen LogP contribution in [0.15, 0.2) is 28.8 Å². The maximum atomic E-state index is 10.8. The molecule has 1 heterocycles. The monoisotopic (exact) mass is 259 g/mol. The first kappa shape index (κ1) is 13.3. The largest absolute Gasteiger partial charge is 0.476 e. The summed E-state index contributed by atoms with van der Waals surface area (Å²) in [7, 11) is 0.